The predicted octanol–water partition coefficient (Wildman–Crippen LogP) is 3.93. The van der Waals surface area contributed by atoms with Crippen molar-refractivity contribution in [2.45, 2.75) is 40.3 Å². The van der Waals surface area contributed by atoms with Crippen LogP contribution in [0.3, 0.4) is 0 Å². The van der Waals surface area contributed by atoms with Crippen LogP contribution in [-0.2, 0) is 26.8 Å². The van der Waals surface area contributed by atoms with Gasteiger partial charge in [-0.2, -0.15) is 21.9 Å². The van der Waals surface area contributed by atoms with E-state index in [1.165, 1.54) is 12.1 Å². The summed E-state index contributed by atoms with van der Waals surface area (Å²) in [6, 6.07) is 10.4. The number of nitrogens with zero attached hydrogens (tertiary/aromatic N) is 5. The Morgan fingerprint density at radius 2 is 1.46 bits per heavy atom. The predicted molar refractivity (Wildman–Crippen MR) is 149 cm³/mol. The maximum Gasteiger partial charge on any atom is 0.261 e. The quantitative estimate of drug-likeness (QED) is 0.290. The van der Waals surface area contributed by atoms with Crippen LogP contribution in [0.2, 0.25) is 0 Å². The van der Waals surface area contributed by atoms with Gasteiger partial charge in [0, 0.05) is 29.9 Å². The normalized spacial score (nSPS) is 11.8. The van der Waals surface area contributed by atoms with E-state index in [1.54, 1.807) is 12.1 Å². The summed E-state index contributed by atoms with van der Waals surface area (Å²) >= 11 is 0. The molecule has 0 fully saturated rings. The molecule has 12 nitrogen and oxygen atoms in total. The number of hydrogen-bond acceptors (Lipinski definition) is 8. The zero-order valence-corrected chi connectivity index (χ0v) is 24.1. The van der Waals surface area contributed by atoms with Gasteiger partial charge in [0.15, 0.2) is 5.65 Å². The third-order valence-corrected chi connectivity index (χ3v) is 4.82. The van der Waals surface area contributed by atoms with Crippen LogP contribution in [0.1, 0.15) is 33.7 Å². The zero-order chi connectivity index (χ0) is 29.7. The number of benzene rings is 1. The van der Waals surface area contributed by atoms with E-state index in [0.29, 0.717) is 24.4 Å². The van der Waals surface area contributed by atoms with Gasteiger partial charge >= 0.3 is 0 Å². The van der Waals surface area contributed by atoms with Gasteiger partial charge in [-0.3, -0.25) is 18.4 Å². The Morgan fingerprint density at radius 1 is 0.923 bits per heavy atom. The van der Waals surface area contributed by atoms with Crippen LogP contribution in [-0.4, -0.2) is 62.8 Å². The highest BCUT2D eigenvalue weighted by Gasteiger charge is 2.18. The number of hydrogen-bond donors (Lipinski definition) is 3. The molecule has 15 heteroatoms. The van der Waals surface area contributed by atoms with E-state index in [4.69, 9.17) is 24.9 Å². The van der Waals surface area contributed by atoms with Gasteiger partial charge < -0.3 is 5.73 Å². The van der Waals surface area contributed by atoms with Crippen LogP contribution in [0.5, 0.6) is 0 Å². The van der Waals surface area contributed by atoms with Crippen molar-refractivity contribution in [3.63, 3.8) is 0 Å². The summed E-state index contributed by atoms with van der Waals surface area (Å²) < 4.78 is 69.0. The first kappa shape index (κ1) is 31.8. The molecule has 0 saturated carbocycles. The Morgan fingerprint density at radius 3 is 1.95 bits per heavy atom. The highest BCUT2D eigenvalue weighted by atomic mass is 32.2. The van der Waals surface area contributed by atoms with Crippen molar-refractivity contribution < 1.29 is 30.3 Å². The standard InChI is InChI=1S/C22H25FN6.2CH4O3S/c1-13(2)11-28-21-19(26-22(28)24)10-9-18(25-21)17-12-29(14(3)4)27-20(17)15-5-7-16(23)8-6-15;2*1-5(2,3)4/h5-10,12-14H,11H2,1-4H3,(H2,24,26);2*1H3,(H,2,3,4). The summed E-state index contributed by atoms with van der Waals surface area (Å²) in [7, 11) is -7.33. The van der Waals surface area contributed by atoms with Crippen LogP contribution in [0.4, 0.5) is 10.3 Å². The fourth-order valence-electron chi connectivity index (χ4n) is 3.38. The Kier molecular flexibility index (Phi) is 10.3. The topological polar surface area (TPSA) is 183 Å². The first-order chi connectivity index (χ1) is 17.8. The molecule has 0 amide bonds. The number of fused-ring (bicyclic) bond motifs is 1. The second kappa shape index (κ2) is 12.6. The first-order valence-corrected chi connectivity index (χ1v) is 15.4. The minimum Gasteiger partial charge on any atom is -0.369 e. The number of pyridine rings is 1. The van der Waals surface area contributed by atoms with E-state index in [0.717, 1.165) is 40.2 Å². The second-order valence-electron chi connectivity index (χ2n) is 9.45. The summed E-state index contributed by atoms with van der Waals surface area (Å²) in [6.45, 7) is 9.15. The fraction of sp³-hybridized carbons (Fsp3) is 0.375. The van der Waals surface area contributed by atoms with Crippen molar-refractivity contribution in [2.24, 2.45) is 5.92 Å². The molecule has 0 saturated heterocycles. The molecule has 0 radical (unpaired) electrons. The Labute approximate surface area is 227 Å². The maximum absolute atomic E-state index is 13.4. The summed E-state index contributed by atoms with van der Waals surface area (Å²) in [5, 5.41) is 4.75. The number of aromatic nitrogens is 5. The van der Waals surface area contributed by atoms with E-state index >= 15 is 0 Å². The van der Waals surface area contributed by atoms with E-state index in [2.05, 4.69) is 32.7 Å². The minimum absolute atomic E-state index is 0.189. The maximum atomic E-state index is 13.4. The van der Waals surface area contributed by atoms with Gasteiger partial charge in [0.05, 0.1) is 18.2 Å². The molecule has 0 atom stereocenters. The zero-order valence-electron chi connectivity index (χ0n) is 22.4. The van der Waals surface area contributed by atoms with Crippen molar-refractivity contribution in [3.05, 3.63) is 48.4 Å². The van der Waals surface area contributed by atoms with Crippen LogP contribution in [0, 0.1) is 11.7 Å². The average Bonchev–Trinajstić information content (AvgIpc) is 3.33. The first-order valence-electron chi connectivity index (χ1n) is 11.7. The lowest BCUT2D eigenvalue weighted by atomic mass is 10.1. The van der Waals surface area contributed by atoms with Gasteiger partial charge in [-0.25, -0.2) is 14.4 Å². The molecule has 39 heavy (non-hydrogen) atoms. The monoisotopic (exact) mass is 584 g/mol. The Bertz CT molecular complexity index is 1580. The lowest BCUT2D eigenvalue weighted by Gasteiger charge is -2.09. The highest BCUT2D eigenvalue weighted by Crippen LogP contribution is 2.32. The molecule has 3 heterocycles. The van der Waals surface area contributed by atoms with Gasteiger partial charge in [0.2, 0.25) is 5.95 Å². The second-order valence-corrected chi connectivity index (χ2v) is 12.4. The molecule has 214 valence electrons. The molecule has 0 bridgehead atoms. The van der Waals surface area contributed by atoms with Crippen molar-refractivity contribution in [1.82, 2.24) is 24.3 Å². The van der Waals surface area contributed by atoms with Crippen LogP contribution in [0.15, 0.2) is 42.6 Å². The molecule has 0 aliphatic carbocycles. The van der Waals surface area contributed by atoms with Gasteiger partial charge in [-0.05, 0) is 56.2 Å². The molecule has 0 spiro atoms. The Balaban J connectivity index is 0.000000458. The number of nitrogen functional groups attached to an aromatic ring is 1. The van der Waals surface area contributed by atoms with E-state index in [-0.39, 0.29) is 11.9 Å². The number of halogens is 1. The van der Waals surface area contributed by atoms with E-state index in [9.17, 15) is 21.2 Å². The van der Waals surface area contributed by atoms with Crippen LogP contribution < -0.4 is 5.73 Å². The number of imidazole rings is 1. The number of nitrogens with two attached hydrogens (primary N) is 1. The summed E-state index contributed by atoms with van der Waals surface area (Å²) in [6.07, 6.45) is 3.42. The molecule has 0 aliphatic heterocycles. The third-order valence-electron chi connectivity index (χ3n) is 4.82. The summed E-state index contributed by atoms with van der Waals surface area (Å²) in [5.74, 6) is 0.611. The van der Waals surface area contributed by atoms with E-state index in [1.807, 2.05) is 27.6 Å². The van der Waals surface area contributed by atoms with Crippen molar-refractivity contribution in [3.8, 4) is 22.5 Å². The third kappa shape index (κ3) is 10.4. The average molecular weight is 585 g/mol. The van der Waals surface area contributed by atoms with Crippen molar-refractivity contribution >= 4 is 37.3 Å². The number of anilines is 1. The van der Waals surface area contributed by atoms with Crippen LogP contribution >= 0.6 is 0 Å². The Hall–Kier alpha value is -3.40. The lowest BCUT2D eigenvalue weighted by molar-refractivity contribution is 0.488. The fourth-order valence-corrected chi connectivity index (χ4v) is 3.38. The van der Waals surface area contributed by atoms with Crippen molar-refractivity contribution in [2.75, 3.05) is 18.2 Å². The molecule has 0 unspecified atom stereocenters. The van der Waals surface area contributed by atoms with Gasteiger partial charge in [-0.15, -0.1) is 0 Å². The SMILES string of the molecule is CC(C)Cn1c(N)nc2ccc(-c3cn(C(C)C)nc3-c3ccc(F)cc3)nc21.CS(=O)(=O)O.CS(=O)(=O)O. The molecule has 1 aromatic carbocycles. The molecule has 3 aromatic heterocycles. The number of rotatable bonds is 5. The summed E-state index contributed by atoms with van der Waals surface area (Å²) in [4.78, 5) is 9.33. The smallest absolute Gasteiger partial charge is 0.261 e. The van der Waals surface area contributed by atoms with Gasteiger partial charge in [0.1, 0.15) is 17.0 Å². The molecular weight excluding hydrogens is 551 g/mol. The largest absolute Gasteiger partial charge is 0.369 e. The lowest BCUT2D eigenvalue weighted by Crippen LogP contribution is -2.08. The van der Waals surface area contributed by atoms with Gasteiger partial charge in [-0.1, -0.05) is 13.8 Å². The summed E-state index contributed by atoms with van der Waals surface area (Å²) in [5.41, 5.74) is 11.0. The van der Waals surface area contributed by atoms with Crippen LogP contribution in [0.25, 0.3) is 33.7 Å². The molecular formula is C24H33FN6O6S2. The molecule has 4 rings (SSSR count). The minimum atomic E-state index is -3.67. The molecule has 4 aromatic rings. The molecule has 0 aliphatic rings. The van der Waals surface area contributed by atoms with Gasteiger partial charge in [0.25, 0.3) is 20.2 Å². The molecule has 4 N–H and O–H groups in total. The van der Waals surface area contributed by atoms with E-state index < -0.39 is 20.2 Å². The van der Waals surface area contributed by atoms with Crippen molar-refractivity contribution in [1.29, 1.82) is 0 Å². The highest BCUT2D eigenvalue weighted by molar-refractivity contribution is 7.85.